The quantitative estimate of drug-likeness (QED) is 0.370. The molecule has 0 unspecified atom stereocenters. The van der Waals surface area contributed by atoms with E-state index in [9.17, 15) is 14.5 Å². The van der Waals surface area contributed by atoms with Crippen LogP contribution in [0.15, 0.2) is 60.9 Å². The summed E-state index contributed by atoms with van der Waals surface area (Å²) in [4.78, 5) is 23.6. The molecular weight excluding hydrogens is 375 g/mol. The third kappa shape index (κ3) is 3.65. The summed E-state index contributed by atoms with van der Waals surface area (Å²) >= 11 is 0. The van der Waals surface area contributed by atoms with Gasteiger partial charge in [-0.15, -0.1) is 0 Å². The van der Waals surface area contributed by atoms with Gasteiger partial charge in [-0.1, -0.05) is 30.3 Å². The Kier molecular flexibility index (Phi) is 4.70. The fourth-order valence-corrected chi connectivity index (χ4v) is 2.90. The number of aryl methyl sites for hydroxylation is 1. The van der Waals surface area contributed by atoms with Crippen molar-refractivity contribution >= 4 is 39.6 Å². The average Bonchev–Trinajstić information content (AvgIpc) is 2.70. The number of fused-ring (bicyclic) bond motifs is 1. The van der Waals surface area contributed by atoms with Gasteiger partial charge < -0.3 is 10.6 Å². The molecular formula is C20H15FN6O2. The minimum absolute atomic E-state index is 0.0281. The number of halogens is 1. The molecule has 9 heteroatoms. The summed E-state index contributed by atoms with van der Waals surface area (Å²) in [6.45, 7) is 1.86. The van der Waals surface area contributed by atoms with E-state index in [1.807, 2.05) is 31.2 Å². The summed E-state index contributed by atoms with van der Waals surface area (Å²) in [7, 11) is 0. The molecule has 0 fully saturated rings. The highest BCUT2D eigenvalue weighted by molar-refractivity contribution is 5.93. The van der Waals surface area contributed by atoms with E-state index in [4.69, 9.17) is 0 Å². The maximum Gasteiger partial charge on any atom is 0.353 e. The molecule has 2 heterocycles. The van der Waals surface area contributed by atoms with Crippen LogP contribution < -0.4 is 10.6 Å². The number of anilines is 4. The Morgan fingerprint density at radius 3 is 2.34 bits per heavy atom. The van der Waals surface area contributed by atoms with Gasteiger partial charge in [0.05, 0.1) is 21.8 Å². The number of nitrogens with zero attached hydrogens (tertiary/aromatic N) is 4. The van der Waals surface area contributed by atoms with Crippen molar-refractivity contribution in [3.63, 3.8) is 0 Å². The lowest BCUT2D eigenvalue weighted by atomic mass is 10.1. The molecule has 144 valence electrons. The number of rotatable bonds is 5. The summed E-state index contributed by atoms with van der Waals surface area (Å²) in [5, 5.41) is 18.3. The third-order valence-electron chi connectivity index (χ3n) is 4.24. The first kappa shape index (κ1) is 18.2. The highest BCUT2D eigenvalue weighted by Crippen LogP contribution is 2.34. The van der Waals surface area contributed by atoms with Crippen molar-refractivity contribution in [3.05, 3.63) is 82.6 Å². The second-order valence-electron chi connectivity index (χ2n) is 6.24. The standard InChI is InChI=1S/C20H15FN6O2/c1-12-9-10-13-5-4-8-16(17(13)24-12)26-20-18(27(28)29)19(22-11-23-20)25-15-7-3-2-6-14(15)21/h2-11H,1H3,(H2,22,23,25,26). The Balaban J connectivity index is 1.78. The molecule has 0 atom stereocenters. The number of pyridine rings is 1. The van der Waals surface area contributed by atoms with Crippen molar-refractivity contribution in [2.45, 2.75) is 6.92 Å². The number of aromatic nitrogens is 3. The molecule has 0 aliphatic heterocycles. The predicted octanol–water partition coefficient (Wildman–Crippen LogP) is 4.87. The summed E-state index contributed by atoms with van der Waals surface area (Å²) in [5.41, 5.74) is 1.70. The maximum atomic E-state index is 14.0. The van der Waals surface area contributed by atoms with Crippen LogP contribution in [0.4, 0.5) is 33.1 Å². The first-order chi connectivity index (χ1) is 14.0. The molecule has 2 aromatic carbocycles. The van der Waals surface area contributed by atoms with E-state index in [2.05, 4.69) is 25.6 Å². The van der Waals surface area contributed by atoms with E-state index < -0.39 is 16.4 Å². The minimum atomic E-state index is -0.616. The lowest BCUT2D eigenvalue weighted by Gasteiger charge is -2.12. The van der Waals surface area contributed by atoms with Gasteiger partial charge in [0.15, 0.2) is 0 Å². The van der Waals surface area contributed by atoms with Crippen molar-refractivity contribution in [1.29, 1.82) is 0 Å². The number of hydrogen-bond donors (Lipinski definition) is 2. The van der Waals surface area contributed by atoms with Gasteiger partial charge >= 0.3 is 5.69 Å². The molecule has 0 spiro atoms. The zero-order chi connectivity index (χ0) is 20.4. The third-order valence-corrected chi connectivity index (χ3v) is 4.24. The number of nitrogens with one attached hydrogen (secondary N) is 2. The normalized spacial score (nSPS) is 10.7. The van der Waals surface area contributed by atoms with Gasteiger partial charge in [0.1, 0.15) is 12.1 Å². The van der Waals surface area contributed by atoms with Gasteiger partial charge in [0, 0.05) is 11.1 Å². The molecule has 0 radical (unpaired) electrons. The van der Waals surface area contributed by atoms with Crippen LogP contribution in [0.1, 0.15) is 5.69 Å². The first-order valence-corrected chi connectivity index (χ1v) is 8.67. The Morgan fingerprint density at radius 1 is 0.931 bits per heavy atom. The molecule has 0 amide bonds. The van der Waals surface area contributed by atoms with Crippen molar-refractivity contribution in [2.75, 3.05) is 10.6 Å². The van der Waals surface area contributed by atoms with E-state index in [1.54, 1.807) is 12.1 Å². The zero-order valence-electron chi connectivity index (χ0n) is 15.3. The van der Waals surface area contributed by atoms with E-state index >= 15 is 0 Å². The number of para-hydroxylation sites is 2. The van der Waals surface area contributed by atoms with Crippen LogP contribution in [0.5, 0.6) is 0 Å². The Hall–Kier alpha value is -4.14. The lowest BCUT2D eigenvalue weighted by molar-refractivity contribution is -0.383. The second-order valence-corrected chi connectivity index (χ2v) is 6.24. The summed E-state index contributed by atoms with van der Waals surface area (Å²) in [6.07, 6.45) is 1.17. The van der Waals surface area contributed by atoms with E-state index in [0.717, 1.165) is 11.1 Å². The summed E-state index contributed by atoms with van der Waals surface area (Å²) in [5.74, 6) is -0.703. The number of hydrogen-bond acceptors (Lipinski definition) is 7. The number of benzene rings is 2. The zero-order valence-corrected chi connectivity index (χ0v) is 15.3. The van der Waals surface area contributed by atoms with E-state index in [-0.39, 0.29) is 17.3 Å². The van der Waals surface area contributed by atoms with E-state index in [0.29, 0.717) is 11.2 Å². The minimum Gasteiger partial charge on any atom is -0.332 e. The fraction of sp³-hybridized carbons (Fsp3) is 0.0500. The van der Waals surface area contributed by atoms with Crippen molar-refractivity contribution in [1.82, 2.24) is 15.0 Å². The smallest absolute Gasteiger partial charge is 0.332 e. The van der Waals surface area contributed by atoms with Crippen LogP contribution in [0.25, 0.3) is 10.9 Å². The molecule has 2 N–H and O–H groups in total. The highest BCUT2D eigenvalue weighted by Gasteiger charge is 2.24. The molecule has 0 saturated heterocycles. The molecule has 8 nitrogen and oxygen atoms in total. The van der Waals surface area contributed by atoms with Gasteiger partial charge in [-0.3, -0.25) is 15.1 Å². The van der Waals surface area contributed by atoms with Crippen LogP contribution >= 0.6 is 0 Å². The molecule has 0 aliphatic rings. The van der Waals surface area contributed by atoms with Crippen molar-refractivity contribution in [3.8, 4) is 0 Å². The molecule has 4 rings (SSSR count). The topological polar surface area (TPSA) is 106 Å². The van der Waals surface area contributed by atoms with Crippen molar-refractivity contribution < 1.29 is 9.31 Å². The maximum absolute atomic E-state index is 14.0. The molecule has 0 aliphatic carbocycles. The van der Waals surface area contributed by atoms with Gasteiger partial charge in [0.25, 0.3) is 0 Å². The van der Waals surface area contributed by atoms with Gasteiger partial charge in [-0.2, -0.15) is 0 Å². The van der Waals surface area contributed by atoms with Crippen LogP contribution in [-0.4, -0.2) is 19.9 Å². The SMILES string of the molecule is Cc1ccc2cccc(Nc3ncnc(Nc4ccccc4F)c3[N+](=O)[O-])c2n1. The fourth-order valence-electron chi connectivity index (χ4n) is 2.90. The second kappa shape index (κ2) is 7.47. The predicted molar refractivity (Wildman–Crippen MR) is 108 cm³/mol. The van der Waals surface area contributed by atoms with Crippen LogP contribution in [0.2, 0.25) is 0 Å². The van der Waals surface area contributed by atoms with Crippen LogP contribution in [0.3, 0.4) is 0 Å². The Morgan fingerprint density at radius 2 is 1.62 bits per heavy atom. The monoisotopic (exact) mass is 390 g/mol. The Labute approximate surface area is 164 Å². The number of nitro groups is 1. The Bertz CT molecular complexity index is 1230. The largest absolute Gasteiger partial charge is 0.353 e. The van der Waals surface area contributed by atoms with Gasteiger partial charge in [-0.05, 0) is 31.2 Å². The molecule has 2 aromatic heterocycles. The summed E-state index contributed by atoms with van der Waals surface area (Å²) in [6, 6.07) is 15.1. The van der Waals surface area contributed by atoms with Crippen molar-refractivity contribution in [2.24, 2.45) is 0 Å². The van der Waals surface area contributed by atoms with Crippen LogP contribution in [0, 0.1) is 22.9 Å². The van der Waals surface area contributed by atoms with Gasteiger partial charge in [-0.25, -0.2) is 14.4 Å². The molecule has 0 saturated carbocycles. The molecule has 29 heavy (non-hydrogen) atoms. The van der Waals surface area contributed by atoms with Gasteiger partial charge in [0.2, 0.25) is 11.6 Å². The first-order valence-electron chi connectivity index (χ1n) is 8.67. The summed E-state index contributed by atoms with van der Waals surface area (Å²) < 4.78 is 14.0. The van der Waals surface area contributed by atoms with E-state index in [1.165, 1.54) is 24.5 Å². The lowest BCUT2D eigenvalue weighted by Crippen LogP contribution is -2.06. The average molecular weight is 390 g/mol. The van der Waals surface area contributed by atoms with Crippen LogP contribution in [-0.2, 0) is 0 Å². The highest BCUT2D eigenvalue weighted by atomic mass is 19.1. The molecule has 4 aromatic rings. The molecule has 0 bridgehead atoms.